The van der Waals surface area contributed by atoms with Gasteiger partial charge in [0.25, 0.3) is 5.91 Å². The minimum Gasteiger partial charge on any atom is -0.384 e. The molecule has 1 aliphatic rings. The summed E-state index contributed by atoms with van der Waals surface area (Å²) in [5, 5.41) is 8.35. The van der Waals surface area contributed by atoms with Crippen molar-refractivity contribution >= 4 is 22.6 Å². The fraction of sp³-hybridized carbons (Fsp3) is 0.182. The monoisotopic (exact) mass is 384 g/mol. The molecule has 5 rings (SSSR count). The number of nitrogens with zero attached hydrogens (tertiary/aromatic N) is 4. The summed E-state index contributed by atoms with van der Waals surface area (Å²) in [6.45, 7) is 1.33. The smallest absolute Gasteiger partial charge is 0.256 e. The predicted molar refractivity (Wildman–Crippen MR) is 111 cm³/mol. The zero-order valence-electron chi connectivity index (χ0n) is 15.7. The van der Waals surface area contributed by atoms with Crippen LogP contribution in [-0.4, -0.2) is 44.1 Å². The van der Waals surface area contributed by atoms with E-state index in [9.17, 15) is 4.79 Å². The molecule has 4 heterocycles. The third kappa shape index (κ3) is 3.10. The number of rotatable bonds is 3. The summed E-state index contributed by atoms with van der Waals surface area (Å²) in [5.41, 5.74) is 10.2. The van der Waals surface area contributed by atoms with Gasteiger partial charge in [-0.2, -0.15) is 5.10 Å². The van der Waals surface area contributed by atoms with Crippen LogP contribution in [0.1, 0.15) is 28.4 Å². The van der Waals surface area contributed by atoms with Crippen LogP contribution in [0.4, 0.5) is 5.82 Å². The summed E-state index contributed by atoms with van der Waals surface area (Å²) in [4.78, 5) is 23.6. The topological polar surface area (TPSA) is 101 Å². The van der Waals surface area contributed by atoms with Crippen LogP contribution in [-0.2, 0) is 0 Å². The number of fused-ring (bicyclic) bond motifs is 1. The molecule has 144 valence electrons. The van der Waals surface area contributed by atoms with Crippen molar-refractivity contribution in [2.45, 2.75) is 12.3 Å². The molecule has 1 saturated heterocycles. The number of benzene rings is 1. The number of amides is 1. The van der Waals surface area contributed by atoms with Gasteiger partial charge in [-0.25, -0.2) is 4.98 Å². The minimum atomic E-state index is 0.0195. The minimum absolute atomic E-state index is 0.0195. The van der Waals surface area contributed by atoms with Crippen LogP contribution in [0, 0.1) is 0 Å². The molecule has 3 N–H and O–H groups in total. The second-order valence-corrected chi connectivity index (χ2v) is 7.28. The fourth-order valence-corrected chi connectivity index (χ4v) is 4.08. The van der Waals surface area contributed by atoms with Crippen LogP contribution in [0.5, 0.6) is 0 Å². The first kappa shape index (κ1) is 17.4. The van der Waals surface area contributed by atoms with Crippen molar-refractivity contribution < 1.29 is 4.79 Å². The Morgan fingerprint density at radius 1 is 1.14 bits per heavy atom. The lowest BCUT2D eigenvalue weighted by Gasteiger charge is -2.17. The molecule has 3 aromatic heterocycles. The van der Waals surface area contributed by atoms with Crippen molar-refractivity contribution in [3.63, 3.8) is 0 Å². The molecule has 0 spiro atoms. The number of pyridine rings is 2. The first-order chi connectivity index (χ1) is 14.2. The lowest BCUT2D eigenvalue weighted by Crippen LogP contribution is -2.28. The number of nitrogens with two attached hydrogens (primary N) is 1. The first-order valence-electron chi connectivity index (χ1n) is 9.59. The van der Waals surface area contributed by atoms with Gasteiger partial charge < -0.3 is 10.6 Å². The number of para-hydroxylation sites is 1. The predicted octanol–water partition coefficient (Wildman–Crippen LogP) is 3.23. The summed E-state index contributed by atoms with van der Waals surface area (Å²) in [6, 6.07) is 13.4. The van der Waals surface area contributed by atoms with E-state index in [-0.39, 0.29) is 11.8 Å². The number of hydrogen-bond donors (Lipinski definition) is 2. The highest BCUT2D eigenvalue weighted by atomic mass is 16.2. The second kappa shape index (κ2) is 7.01. The molecule has 7 nitrogen and oxygen atoms in total. The maximum atomic E-state index is 13.2. The van der Waals surface area contributed by atoms with E-state index in [1.807, 2.05) is 53.6 Å². The Morgan fingerprint density at radius 3 is 2.93 bits per heavy atom. The highest BCUT2D eigenvalue weighted by molar-refractivity contribution is 6.05. The number of aromatic nitrogens is 4. The zero-order valence-corrected chi connectivity index (χ0v) is 15.7. The number of hydrogen-bond acceptors (Lipinski definition) is 5. The zero-order chi connectivity index (χ0) is 19.8. The molecule has 0 unspecified atom stereocenters. The van der Waals surface area contributed by atoms with Gasteiger partial charge in [-0.3, -0.25) is 14.9 Å². The molecule has 0 aliphatic carbocycles. The van der Waals surface area contributed by atoms with E-state index in [0.717, 1.165) is 34.1 Å². The van der Waals surface area contributed by atoms with E-state index < -0.39 is 0 Å². The maximum absolute atomic E-state index is 13.2. The van der Waals surface area contributed by atoms with Crippen molar-refractivity contribution in [2.24, 2.45) is 0 Å². The third-order valence-corrected chi connectivity index (χ3v) is 5.51. The number of likely N-dealkylation sites (tertiary alicyclic amines) is 1. The van der Waals surface area contributed by atoms with Crippen molar-refractivity contribution in [3.05, 3.63) is 72.3 Å². The molecule has 29 heavy (non-hydrogen) atoms. The molecule has 0 radical (unpaired) electrons. The van der Waals surface area contributed by atoms with Crippen LogP contribution < -0.4 is 5.73 Å². The fourth-order valence-electron chi connectivity index (χ4n) is 4.08. The lowest BCUT2D eigenvalue weighted by molar-refractivity contribution is 0.0792. The van der Waals surface area contributed by atoms with E-state index in [1.165, 1.54) is 0 Å². The summed E-state index contributed by atoms with van der Waals surface area (Å²) in [5.74, 6) is 0.682. The molecule has 1 aliphatic heterocycles. The van der Waals surface area contributed by atoms with E-state index in [0.29, 0.717) is 24.5 Å². The molecule has 1 atom stereocenters. The van der Waals surface area contributed by atoms with Gasteiger partial charge in [0.1, 0.15) is 5.82 Å². The number of carbonyl (C=O) groups is 1. The average molecular weight is 384 g/mol. The van der Waals surface area contributed by atoms with E-state index >= 15 is 0 Å². The number of nitrogens with one attached hydrogen (secondary N) is 1. The standard InChI is InChI=1S/C22H20N6O/c23-19-11-15(6-9-24-19)18-12-26-27-21(18)16-7-10-28(13-16)22(29)17-5-1-3-14-4-2-8-25-20(14)17/h1-6,8-9,11-12,16H,7,10,13H2,(H2,23,24)(H,26,27)/t16-/m1/s1. The van der Waals surface area contributed by atoms with Crippen LogP contribution in [0.2, 0.25) is 0 Å². The van der Waals surface area contributed by atoms with Gasteiger partial charge in [0.2, 0.25) is 0 Å². The Morgan fingerprint density at radius 2 is 2.03 bits per heavy atom. The Bertz CT molecular complexity index is 1200. The second-order valence-electron chi connectivity index (χ2n) is 7.28. The maximum Gasteiger partial charge on any atom is 0.256 e. The number of aromatic amines is 1. The molecule has 4 aromatic rings. The van der Waals surface area contributed by atoms with Crippen LogP contribution in [0.25, 0.3) is 22.0 Å². The van der Waals surface area contributed by atoms with Gasteiger partial charge in [-0.15, -0.1) is 0 Å². The molecule has 0 saturated carbocycles. The highest BCUT2D eigenvalue weighted by Gasteiger charge is 2.31. The van der Waals surface area contributed by atoms with Crippen molar-refractivity contribution in [1.82, 2.24) is 25.1 Å². The Kier molecular flexibility index (Phi) is 4.20. The van der Waals surface area contributed by atoms with Gasteiger partial charge in [-0.05, 0) is 36.2 Å². The summed E-state index contributed by atoms with van der Waals surface area (Å²) >= 11 is 0. The van der Waals surface area contributed by atoms with Gasteiger partial charge in [-0.1, -0.05) is 18.2 Å². The van der Waals surface area contributed by atoms with E-state index in [2.05, 4.69) is 20.2 Å². The normalized spacial score (nSPS) is 16.4. The molecular weight excluding hydrogens is 364 g/mol. The average Bonchev–Trinajstić information content (AvgIpc) is 3.42. The molecule has 7 heteroatoms. The quantitative estimate of drug-likeness (QED) is 0.565. The lowest BCUT2D eigenvalue weighted by atomic mass is 9.97. The molecular formula is C22H20N6O. The highest BCUT2D eigenvalue weighted by Crippen LogP contribution is 2.34. The SMILES string of the molecule is Nc1cc(-c2cn[nH]c2[C@@H]2CCN(C(=O)c3cccc4cccnc34)C2)ccn1. The Balaban J connectivity index is 1.41. The van der Waals surface area contributed by atoms with E-state index in [1.54, 1.807) is 12.4 Å². The largest absolute Gasteiger partial charge is 0.384 e. The number of anilines is 1. The van der Waals surface area contributed by atoms with E-state index in [4.69, 9.17) is 5.73 Å². The Labute approximate surface area is 167 Å². The molecule has 1 aromatic carbocycles. The van der Waals surface area contributed by atoms with Gasteiger partial charge in [0, 0.05) is 48.0 Å². The van der Waals surface area contributed by atoms with Crippen LogP contribution in [0.3, 0.4) is 0 Å². The number of nitrogen functional groups attached to an aromatic ring is 1. The van der Waals surface area contributed by atoms with Crippen molar-refractivity contribution in [3.8, 4) is 11.1 Å². The summed E-state index contributed by atoms with van der Waals surface area (Å²) in [7, 11) is 0. The van der Waals surface area contributed by atoms with Gasteiger partial charge >= 0.3 is 0 Å². The molecule has 1 amide bonds. The van der Waals surface area contributed by atoms with Crippen LogP contribution in [0.15, 0.2) is 61.1 Å². The number of H-pyrrole nitrogens is 1. The van der Waals surface area contributed by atoms with Crippen molar-refractivity contribution in [1.29, 1.82) is 0 Å². The Hall–Kier alpha value is -3.74. The summed E-state index contributed by atoms with van der Waals surface area (Å²) < 4.78 is 0. The van der Waals surface area contributed by atoms with Gasteiger partial charge in [0.05, 0.1) is 17.3 Å². The first-order valence-corrected chi connectivity index (χ1v) is 9.59. The number of carbonyl (C=O) groups excluding carboxylic acids is 1. The van der Waals surface area contributed by atoms with Crippen molar-refractivity contribution in [2.75, 3.05) is 18.8 Å². The molecule has 1 fully saturated rings. The van der Waals surface area contributed by atoms with Gasteiger partial charge in [0.15, 0.2) is 0 Å². The third-order valence-electron chi connectivity index (χ3n) is 5.51. The summed E-state index contributed by atoms with van der Waals surface area (Å²) in [6.07, 6.45) is 6.10. The van der Waals surface area contributed by atoms with Crippen LogP contribution >= 0.6 is 0 Å². The molecule has 0 bridgehead atoms.